The molecule has 0 N–H and O–H groups in total. The molecule has 1 aromatic rings. The summed E-state index contributed by atoms with van der Waals surface area (Å²) in [7, 11) is 0. The minimum Gasteiger partial charge on any atom is -0.294 e. The van der Waals surface area contributed by atoms with Gasteiger partial charge in [-0.15, -0.1) is 0 Å². The van der Waals surface area contributed by atoms with Gasteiger partial charge in [0.2, 0.25) is 0 Å². The van der Waals surface area contributed by atoms with Crippen LogP contribution in [0.4, 0.5) is 0 Å². The smallest absolute Gasteiger partial charge is 0.165 e. The van der Waals surface area contributed by atoms with Crippen LogP contribution in [-0.4, -0.2) is 5.78 Å². The van der Waals surface area contributed by atoms with Crippen molar-refractivity contribution < 1.29 is 4.79 Å². The van der Waals surface area contributed by atoms with Crippen LogP contribution in [0.15, 0.2) is 29.8 Å². The number of aryl methyl sites for hydroxylation is 1. The maximum absolute atomic E-state index is 12.7. The highest BCUT2D eigenvalue weighted by molar-refractivity contribution is 6.07. The molecule has 1 aromatic carbocycles. The van der Waals surface area contributed by atoms with E-state index < -0.39 is 0 Å². The van der Waals surface area contributed by atoms with Gasteiger partial charge in [0.25, 0.3) is 0 Å². The van der Waals surface area contributed by atoms with Crippen molar-refractivity contribution in [2.45, 2.75) is 40.5 Å². The highest BCUT2D eigenvalue weighted by Crippen LogP contribution is 2.65. The van der Waals surface area contributed by atoms with Crippen LogP contribution in [0.2, 0.25) is 0 Å². The molecule has 2 aliphatic rings. The molecule has 19 heavy (non-hydrogen) atoms. The lowest BCUT2D eigenvalue weighted by atomic mass is 9.70. The van der Waals surface area contributed by atoms with Gasteiger partial charge >= 0.3 is 0 Å². The van der Waals surface area contributed by atoms with Gasteiger partial charge in [-0.2, -0.15) is 0 Å². The molecule has 0 radical (unpaired) electrons. The first-order valence-corrected chi connectivity index (χ1v) is 7.19. The molecular formula is C18H22O. The Hall–Kier alpha value is -1.37. The first-order chi connectivity index (χ1) is 8.86. The van der Waals surface area contributed by atoms with E-state index in [0.29, 0.717) is 11.7 Å². The summed E-state index contributed by atoms with van der Waals surface area (Å²) >= 11 is 0. The molecule has 2 saturated carbocycles. The van der Waals surface area contributed by atoms with Gasteiger partial charge in [-0.1, -0.05) is 50.6 Å². The van der Waals surface area contributed by atoms with Gasteiger partial charge in [0.15, 0.2) is 5.78 Å². The third-order valence-electron chi connectivity index (χ3n) is 5.73. The average Bonchev–Trinajstić information content (AvgIpc) is 2.64. The van der Waals surface area contributed by atoms with Crippen LogP contribution in [-0.2, 0) is 4.79 Å². The summed E-state index contributed by atoms with van der Waals surface area (Å²) in [6.45, 7) is 8.78. The molecule has 1 heteroatoms. The zero-order valence-electron chi connectivity index (χ0n) is 12.3. The van der Waals surface area contributed by atoms with Crippen LogP contribution in [0.3, 0.4) is 0 Å². The number of carbonyl (C=O) groups is 1. The number of rotatable bonds is 1. The summed E-state index contributed by atoms with van der Waals surface area (Å²) in [4.78, 5) is 12.7. The quantitative estimate of drug-likeness (QED) is 0.679. The van der Waals surface area contributed by atoms with Crippen molar-refractivity contribution in [2.24, 2.45) is 16.7 Å². The van der Waals surface area contributed by atoms with Crippen molar-refractivity contribution in [1.82, 2.24) is 0 Å². The van der Waals surface area contributed by atoms with Crippen LogP contribution in [0, 0.1) is 23.7 Å². The second kappa shape index (κ2) is 3.82. The van der Waals surface area contributed by atoms with Crippen LogP contribution < -0.4 is 0 Å². The van der Waals surface area contributed by atoms with Crippen molar-refractivity contribution in [3.8, 4) is 0 Å². The number of hydrogen-bond acceptors (Lipinski definition) is 1. The first kappa shape index (κ1) is 12.7. The van der Waals surface area contributed by atoms with Gasteiger partial charge in [0.05, 0.1) is 0 Å². The molecule has 2 atom stereocenters. The normalized spacial score (nSPS) is 34.2. The summed E-state index contributed by atoms with van der Waals surface area (Å²) in [6, 6.07) is 8.40. The fourth-order valence-electron chi connectivity index (χ4n) is 4.03. The number of Topliss-reactive ketones (excluding diaryl/α,β-unsaturated/α-hetero) is 1. The predicted molar refractivity (Wildman–Crippen MR) is 78.8 cm³/mol. The van der Waals surface area contributed by atoms with E-state index in [1.54, 1.807) is 0 Å². The predicted octanol–water partition coefficient (Wildman–Crippen LogP) is 4.40. The fraction of sp³-hybridized carbons (Fsp3) is 0.500. The number of fused-ring (bicyclic) bond motifs is 2. The SMILES string of the molecule is Cc1cccc(C=C2C(=O)C3(C)CCC2C3(C)C)c1. The molecule has 0 saturated heterocycles. The van der Waals surface area contributed by atoms with Gasteiger partial charge in [0, 0.05) is 5.41 Å². The Kier molecular flexibility index (Phi) is 2.54. The molecule has 1 nitrogen and oxygen atoms in total. The summed E-state index contributed by atoms with van der Waals surface area (Å²) in [5.41, 5.74) is 3.43. The third-order valence-corrected chi connectivity index (χ3v) is 5.73. The number of benzene rings is 1. The van der Waals surface area contributed by atoms with Crippen LogP contribution in [0.1, 0.15) is 44.7 Å². The summed E-state index contributed by atoms with van der Waals surface area (Å²) in [6.07, 6.45) is 4.34. The second-order valence-electron chi connectivity index (χ2n) is 6.99. The van der Waals surface area contributed by atoms with E-state index >= 15 is 0 Å². The van der Waals surface area contributed by atoms with Crippen molar-refractivity contribution in [2.75, 3.05) is 0 Å². The summed E-state index contributed by atoms with van der Waals surface area (Å²) in [5.74, 6) is 0.820. The largest absolute Gasteiger partial charge is 0.294 e. The molecule has 2 bridgehead atoms. The molecule has 0 aliphatic heterocycles. The molecule has 2 aliphatic carbocycles. The molecule has 100 valence electrons. The van der Waals surface area contributed by atoms with E-state index in [4.69, 9.17) is 0 Å². The molecule has 0 amide bonds. The number of carbonyl (C=O) groups excluding carboxylic acids is 1. The van der Waals surface area contributed by atoms with E-state index in [1.807, 2.05) is 0 Å². The van der Waals surface area contributed by atoms with Crippen molar-refractivity contribution in [3.05, 3.63) is 41.0 Å². The molecule has 0 spiro atoms. The van der Waals surface area contributed by atoms with Crippen molar-refractivity contribution >= 4 is 11.9 Å². The Balaban J connectivity index is 2.06. The van der Waals surface area contributed by atoms with E-state index in [2.05, 4.69) is 58.0 Å². The fourth-order valence-corrected chi connectivity index (χ4v) is 4.03. The minimum atomic E-state index is -0.146. The molecular weight excluding hydrogens is 232 g/mol. The molecule has 2 fully saturated rings. The standard InChI is InChI=1S/C18H22O/c1-12-6-5-7-13(10-12)11-14-15-8-9-18(4,16(14)19)17(15,2)3/h5-7,10-11,15H,8-9H2,1-4H3. The lowest BCUT2D eigenvalue weighted by molar-refractivity contribution is -0.125. The maximum Gasteiger partial charge on any atom is 0.165 e. The van der Waals surface area contributed by atoms with Gasteiger partial charge in [-0.25, -0.2) is 0 Å². The zero-order chi connectivity index (χ0) is 13.8. The van der Waals surface area contributed by atoms with Crippen LogP contribution in [0.25, 0.3) is 6.08 Å². The summed E-state index contributed by atoms with van der Waals surface area (Å²) < 4.78 is 0. The number of allylic oxidation sites excluding steroid dienone is 1. The summed E-state index contributed by atoms with van der Waals surface area (Å²) in [5, 5.41) is 0. The Labute approximate surface area is 115 Å². The molecule has 0 heterocycles. The Bertz CT molecular complexity index is 579. The van der Waals surface area contributed by atoms with Gasteiger partial charge < -0.3 is 0 Å². The average molecular weight is 254 g/mol. The first-order valence-electron chi connectivity index (χ1n) is 7.19. The Morgan fingerprint density at radius 2 is 2.00 bits per heavy atom. The van der Waals surface area contributed by atoms with Crippen molar-refractivity contribution in [3.63, 3.8) is 0 Å². The molecule has 3 rings (SSSR count). The lowest BCUT2D eigenvalue weighted by Crippen LogP contribution is -2.32. The van der Waals surface area contributed by atoms with E-state index in [1.165, 1.54) is 5.56 Å². The maximum atomic E-state index is 12.7. The zero-order valence-corrected chi connectivity index (χ0v) is 12.3. The lowest BCUT2D eigenvalue weighted by Gasteiger charge is -2.31. The Morgan fingerprint density at radius 3 is 2.58 bits per heavy atom. The topological polar surface area (TPSA) is 17.1 Å². The second-order valence-corrected chi connectivity index (χ2v) is 6.99. The Morgan fingerprint density at radius 1 is 1.26 bits per heavy atom. The highest BCUT2D eigenvalue weighted by Gasteiger charge is 2.63. The number of hydrogen-bond donors (Lipinski definition) is 0. The van der Waals surface area contributed by atoms with E-state index in [9.17, 15) is 4.79 Å². The van der Waals surface area contributed by atoms with E-state index in [0.717, 1.165) is 24.0 Å². The molecule has 0 aromatic heterocycles. The highest BCUT2D eigenvalue weighted by atomic mass is 16.1. The van der Waals surface area contributed by atoms with E-state index in [-0.39, 0.29) is 10.8 Å². The van der Waals surface area contributed by atoms with Crippen LogP contribution >= 0.6 is 0 Å². The third kappa shape index (κ3) is 1.57. The molecule has 2 unspecified atom stereocenters. The van der Waals surface area contributed by atoms with Crippen LogP contribution in [0.5, 0.6) is 0 Å². The van der Waals surface area contributed by atoms with Gasteiger partial charge in [-0.05, 0) is 48.3 Å². The monoisotopic (exact) mass is 254 g/mol. The van der Waals surface area contributed by atoms with Crippen molar-refractivity contribution in [1.29, 1.82) is 0 Å². The van der Waals surface area contributed by atoms with Gasteiger partial charge in [0.1, 0.15) is 0 Å². The minimum absolute atomic E-state index is 0.111. The number of ketones is 1. The van der Waals surface area contributed by atoms with Gasteiger partial charge in [-0.3, -0.25) is 4.79 Å².